The summed E-state index contributed by atoms with van der Waals surface area (Å²) in [6, 6.07) is 2.27. The molecule has 1 aliphatic heterocycles. The molecular weight excluding hydrogens is 228 g/mol. The summed E-state index contributed by atoms with van der Waals surface area (Å²) < 4.78 is 0. The van der Waals surface area contributed by atoms with E-state index >= 15 is 0 Å². The summed E-state index contributed by atoms with van der Waals surface area (Å²) in [5.74, 6) is 0.226. The van der Waals surface area contributed by atoms with Crippen molar-refractivity contribution in [2.75, 3.05) is 39.3 Å². The van der Waals surface area contributed by atoms with Crippen molar-refractivity contribution in [1.29, 1.82) is 5.26 Å². The molecule has 1 unspecified atom stereocenters. The predicted molar refractivity (Wildman–Crippen MR) is 71.0 cm³/mol. The summed E-state index contributed by atoms with van der Waals surface area (Å²) in [6.07, 6.45) is 1.43. The third kappa shape index (κ3) is 4.28. The highest BCUT2D eigenvalue weighted by Crippen LogP contribution is 2.06. The molecule has 1 rings (SSSR count). The number of rotatable bonds is 6. The molecule has 0 aliphatic carbocycles. The van der Waals surface area contributed by atoms with Gasteiger partial charge < -0.3 is 10.2 Å². The van der Waals surface area contributed by atoms with Crippen molar-refractivity contribution >= 4 is 5.91 Å². The number of nitrogens with zero attached hydrogens (tertiary/aromatic N) is 3. The molecule has 1 saturated heterocycles. The van der Waals surface area contributed by atoms with Gasteiger partial charge >= 0.3 is 0 Å². The number of piperazine rings is 1. The van der Waals surface area contributed by atoms with E-state index < -0.39 is 0 Å². The second kappa shape index (κ2) is 8.06. The largest absolute Gasteiger partial charge is 0.343 e. The van der Waals surface area contributed by atoms with E-state index in [0.29, 0.717) is 6.42 Å². The lowest BCUT2D eigenvalue weighted by atomic mass is 10.2. The monoisotopic (exact) mass is 252 g/mol. The van der Waals surface area contributed by atoms with Crippen molar-refractivity contribution in [3.63, 3.8) is 0 Å². The van der Waals surface area contributed by atoms with Gasteiger partial charge in [-0.1, -0.05) is 0 Å². The number of nitrogens with one attached hydrogen (secondary N) is 1. The highest BCUT2D eigenvalue weighted by Gasteiger charge is 2.21. The summed E-state index contributed by atoms with van der Waals surface area (Å²) in [6.45, 7) is 8.98. The summed E-state index contributed by atoms with van der Waals surface area (Å²) in [5, 5.41) is 12.2. The van der Waals surface area contributed by atoms with Crippen LogP contribution in [0.4, 0.5) is 0 Å². The van der Waals surface area contributed by atoms with Gasteiger partial charge in [0.15, 0.2) is 0 Å². The van der Waals surface area contributed by atoms with Gasteiger partial charge in [-0.2, -0.15) is 5.26 Å². The second-order valence-corrected chi connectivity index (χ2v) is 4.55. The van der Waals surface area contributed by atoms with Crippen LogP contribution < -0.4 is 5.32 Å². The van der Waals surface area contributed by atoms with E-state index in [9.17, 15) is 4.79 Å². The first-order chi connectivity index (χ1) is 8.72. The van der Waals surface area contributed by atoms with E-state index in [2.05, 4.69) is 16.3 Å². The van der Waals surface area contributed by atoms with Crippen LogP contribution in [0.1, 0.15) is 26.7 Å². The fraction of sp³-hybridized carbons (Fsp3) is 0.846. The third-order valence-corrected chi connectivity index (χ3v) is 3.46. The molecule has 1 atom stereocenters. The van der Waals surface area contributed by atoms with Gasteiger partial charge in [-0.15, -0.1) is 0 Å². The lowest BCUT2D eigenvalue weighted by Crippen LogP contribution is -2.50. The SMILES string of the molecule is CCN(CC)C(=O)CCCN1CCNCC1C#N. The van der Waals surface area contributed by atoms with Gasteiger partial charge in [-0.3, -0.25) is 9.69 Å². The number of amides is 1. The van der Waals surface area contributed by atoms with Crippen LogP contribution in [0.2, 0.25) is 0 Å². The van der Waals surface area contributed by atoms with Crippen molar-refractivity contribution in [3.8, 4) is 6.07 Å². The molecule has 1 N–H and O–H groups in total. The van der Waals surface area contributed by atoms with Crippen LogP contribution in [0.15, 0.2) is 0 Å². The van der Waals surface area contributed by atoms with Crippen molar-refractivity contribution in [2.24, 2.45) is 0 Å². The molecule has 0 saturated carbocycles. The highest BCUT2D eigenvalue weighted by molar-refractivity contribution is 5.76. The van der Waals surface area contributed by atoms with Crippen LogP contribution in [0.5, 0.6) is 0 Å². The molecule has 18 heavy (non-hydrogen) atoms. The van der Waals surface area contributed by atoms with Crippen LogP contribution in [0.25, 0.3) is 0 Å². The van der Waals surface area contributed by atoms with Crippen LogP contribution in [0.3, 0.4) is 0 Å². The predicted octanol–water partition coefficient (Wildman–Crippen LogP) is 0.432. The summed E-state index contributed by atoms with van der Waals surface area (Å²) >= 11 is 0. The molecule has 1 aliphatic rings. The third-order valence-electron chi connectivity index (χ3n) is 3.46. The Labute approximate surface area is 110 Å². The minimum Gasteiger partial charge on any atom is -0.343 e. The quantitative estimate of drug-likeness (QED) is 0.745. The molecule has 1 amide bonds. The standard InChI is InChI=1S/C13H24N4O/c1-3-16(4-2)13(18)6-5-8-17-9-7-15-11-12(17)10-14/h12,15H,3-9,11H2,1-2H3. The Balaban J connectivity index is 2.28. The summed E-state index contributed by atoms with van der Waals surface area (Å²) in [4.78, 5) is 15.9. The van der Waals surface area contributed by atoms with Crippen molar-refractivity contribution in [1.82, 2.24) is 15.1 Å². The molecule has 0 aromatic rings. The zero-order valence-corrected chi connectivity index (χ0v) is 11.5. The van der Waals surface area contributed by atoms with E-state index in [1.807, 2.05) is 18.7 Å². The Hall–Kier alpha value is -1.12. The van der Waals surface area contributed by atoms with Gasteiger partial charge in [0.25, 0.3) is 0 Å². The number of hydrogen-bond acceptors (Lipinski definition) is 4. The van der Waals surface area contributed by atoms with Gasteiger partial charge in [0.2, 0.25) is 5.91 Å². The Morgan fingerprint density at radius 3 is 2.83 bits per heavy atom. The fourth-order valence-corrected chi connectivity index (χ4v) is 2.31. The van der Waals surface area contributed by atoms with E-state index in [-0.39, 0.29) is 11.9 Å². The van der Waals surface area contributed by atoms with Crippen molar-refractivity contribution in [3.05, 3.63) is 0 Å². The first kappa shape index (κ1) is 14.9. The van der Waals surface area contributed by atoms with Gasteiger partial charge in [0.05, 0.1) is 6.07 Å². The number of carbonyl (C=O) groups excluding carboxylic acids is 1. The highest BCUT2D eigenvalue weighted by atomic mass is 16.2. The van der Waals surface area contributed by atoms with Crippen LogP contribution >= 0.6 is 0 Å². The molecule has 0 radical (unpaired) electrons. The Bertz CT molecular complexity index is 296. The van der Waals surface area contributed by atoms with Gasteiger partial charge in [-0.25, -0.2) is 0 Å². The normalized spacial score (nSPS) is 20.4. The molecule has 5 heteroatoms. The number of carbonyl (C=O) groups is 1. The first-order valence-electron chi connectivity index (χ1n) is 6.85. The van der Waals surface area contributed by atoms with E-state index in [4.69, 9.17) is 5.26 Å². The lowest BCUT2D eigenvalue weighted by molar-refractivity contribution is -0.131. The summed E-state index contributed by atoms with van der Waals surface area (Å²) in [5.41, 5.74) is 0. The zero-order valence-electron chi connectivity index (χ0n) is 11.5. The van der Waals surface area contributed by atoms with Crippen LogP contribution in [-0.2, 0) is 4.79 Å². The zero-order chi connectivity index (χ0) is 13.4. The van der Waals surface area contributed by atoms with Gasteiger partial charge in [-0.05, 0) is 26.8 Å². The maximum atomic E-state index is 11.8. The topological polar surface area (TPSA) is 59.4 Å². The number of nitriles is 1. The average Bonchev–Trinajstić information content (AvgIpc) is 2.40. The Morgan fingerprint density at radius 1 is 1.50 bits per heavy atom. The maximum Gasteiger partial charge on any atom is 0.222 e. The van der Waals surface area contributed by atoms with E-state index in [1.54, 1.807) is 0 Å². The molecular formula is C13H24N4O. The molecule has 0 aromatic heterocycles. The molecule has 0 aromatic carbocycles. The van der Waals surface area contributed by atoms with Crippen LogP contribution in [0, 0.1) is 11.3 Å². The van der Waals surface area contributed by atoms with Crippen molar-refractivity contribution in [2.45, 2.75) is 32.7 Å². The summed E-state index contributed by atoms with van der Waals surface area (Å²) in [7, 11) is 0. The molecule has 0 bridgehead atoms. The first-order valence-corrected chi connectivity index (χ1v) is 6.85. The van der Waals surface area contributed by atoms with Crippen molar-refractivity contribution < 1.29 is 4.79 Å². The number of hydrogen-bond donors (Lipinski definition) is 1. The fourth-order valence-electron chi connectivity index (χ4n) is 2.31. The Morgan fingerprint density at radius 2 is 2.22 bits per heavy atom. The average molecular weight is 252 g/mol. The maximum absolute atomic E-state index is 11.8. The molecule has 102 valence electrons. The minimum atomic E-state index is -0.0395. The smallest absolute Gasteiger partial charge is 0.222 e. The van der Waals surface area contributed by atoms with E-state index in [1.165, 1.54) is 0 Å². The van der Waals surface area contributed by atoms with Crippen LogP contribution in [-0.4, -0.2) is 61.0 Å². The minimum absolute atomic E-state index is 0.0395. The van der Waals surface area contributed by atoms with E-state index in [0.717, 1.165) is 45.7 Å². The molecule has 5 nitrogen and oxygen atoms in total. The molecule has 0 spiro atoms. The Kier molecular flexibility index (Phi) is 6.69. The van der Waals surface area contributed by atoms with Gasteiger partial charge in [0, 0.05) is 39.1 Å². The van der Waals surface area contributed by atoms with Gasteiger partial charge in [0.1, 0.15) is 6.04 Å². The lowest BCUT2D eigenvalue weighted by Gasteiger charge is -2.31. The molecule has 1 heterocycles. The second-order valence-electron chi connectivity index (χ2n) is 4.55. The molecule has 1 fully saturated rings.